The lowest BCUT2D eigenvalue weighted by Crippen LogP contribution is -2.04. The molecule has 0 aliphatic rings. The third-order valence-corrected chi connectivity index (χ3v) is 3.58. The number of ether oxygens (including phenoxy) is 1. The highest BCUT2D eigenvalue weighted by Gasteiger charge is 2.31. The zero-order chi connectivity index (χ0) is 16.6. The molecule has 0 aliphatic heterocycles. The first-order valence-electron chi connectivity index (χ1n) is 6.60. The molecular weight excluding hydrogens is 329 g/mol. The van der Waals surface area contributed by atoms with Crippen LogP contribution in [0.4, 0.5) is 13.2 Å². The van der Waals surface area contributed by atoms with Gasteiger partial charge in [0.05, 0.1) is 10.6 Å². The van der Waals surface area contributed by atoms with E-state index in [1.165, 1.54) is 6.07 Å². The average Bonchev–Trinajstić information content (AvgIpc) is 2.48. The molecule has 0 spiro atoms. The Hall–Kier alpha value is -2.40. The number of fused-ring (bicyclic) bond motifs is 1. The molecule has 0 unspecified atom stereocenters. The molecule has 0 aromatic heterocycles. The van der Waals surface area contributed by atoms with Gasteiger partial charge in [-0.15, -0.1) is 0 Å². The second-order valence-corrected chi connectivity index (χ2v) is 5.35. The van der Waals surface area contributed by atoms with Crippen LogP contribution in [-0.4, -0.2) is 5.11 Å². The Kier molecular flexibility index (Phi) is 3.82. The van der Waals surface area contributed by atoms with E-state index in [1.807, 2.05) is 0 Å². The number of phenolic OH excluding ortho intramolecular Hbond substituents is 1. The molecule has 0 heterocycles. The number of alkyl halides is 3. The Morgan fingerprint density at radius 3 is 2.30 bits per heavy atom. The van der Waals surface area contributed by atoms with Crippen LogP contribution in [0, 0.1) is 0 Å². The highest BCUT2D eigenvalue weighted by atomic mass is 35.5. The predicted octanol–water partition coefficient (Wildman–Crippen LogP) is 6.01. The molecule has 6 heteroatoms. The SMILES string of the molecule is Oc1ccc2ccc(Oc3ccc(C(F)(F)F)cc3Cl)cc2c1. The highest BCUT2D eigenvalue weighted by Crippen LogP contribution is 2.37. The molecule has 0 fully saturated rings. The summed E-state index contributed by atoms with van der Waals surface area (Å²) in [6.45, 7) is 0. The van der Waals surface area contributed by atoms with E-state index in [0.29, 0.717) is 5.75 Å². The molecule has 0 saturated heterocycles. The molecule has 0 atom stereocenters. The fraction of sp³-hybridized carbons (Fsp3) is 0.0588. The minimum Gasteiger partial charge on any atom is -0.508 e. The van der Waals surface area contributed by atoms with Gasteiger partial charge in [0.25, 0.3) is 0 Å². The lowest BCUT2D eigenvalue weighted by molar-refractivity contribution is -0.137. The number of aromatic hydroxyl groups is 1. The number of halogens is 4. The van der Waals surface area contributed by atoms with Crippen molar-refractivity contribution in [3.8, 4) is 17.2 Å². The molecule has 0 saturated carbocycles. The average molecular weight is 339 g/mol. The molecule has 3 aromatic rings. The Labute approximate surface area is 134 Å². The summed E-state index contributed by atoms with van der Waals surface area (Å²) >= 11 is 5.86. The van der Waals surface area contributed by atoms with E-state index >= 15 is 0 Å². The van der Waals surface area contributed by atoms with Gasteiger partial charge in [-0.25, -0.2) is 0 Å². The van der Waals surface area contributed by atoms with Gasteiger partial charge in [-0.1, -0.05) is 23.7 Å². The van der Waals surface area contributed by atoms with E-state index in [9.17, 15) is 18.3 Å². The highest BCUT2D eigenvalue weighted by molar-refractivity contribution is 6.32. The monoisotopic (exact) mass is 338 g/mol. The van der Waals surface area contributed by atoms with Crippen LogP contribution in [0.25, 0.3) is 10.8 Å². The van der Waals surface area contributed by atoms with Gasteiger partial charge in [0, 0.05) is 0 Å². The van der Waals surface area contributed by atoms with Gasteiger partial charge in [-0.2, -0.15) is 13.2 Å². The number of hydrogen-bond acceptors (Lipinski definition) is 2. The van der Waals surface area contributed by atoms with Crippen LogP contribution in [-0.2, 0) is 6.18 Å². The van der Waals surface area contributed by atoms with Crippen LogP contribution in [0.5, 0.6) is 17.2 Å². The molecular formula is C17H10ClF3O2. The van der Waals surface area contributed by atoms with Gasteiger partial charge < -0.3 is 9.84 Å². The maximum absolute atomic E-state index is 12.6. The first-order chi connectivity index (χ1) is 10.8. The van der Waals surface area contributed by atoms with Gasteiger partial charge in [0.15, 0.2) is 0 Å². The summed E-state index contributed by atoms with van der Waals surface area (Å²) in [5.41, 5.74) is -0.835. The van der Waals surface area contributed by atoms with Crippen molar-refractivity contribution >= 4 is 22.4 Å². The number of rotatable bonds is 2. The topological polar surface area (TPSA) is 29.5 Å². The van der Waals surface area contributed by atoms with Crippen molar-refractivity contribution in [2.75, 3.05) is 0 Å². The predicted molar refractivity (Wildman–Crippen MR) is 82.1 cm³/mol. The molecule has 0 bridgehead atoms. The number of hydrogen-bond donors (Lipinski definition) is 1. The van der Waals surface area contributed by atoms with Gasteiger partial charge in [-0.3, -0.25) is 0 Å². The van der Waals surface area contributed by atoms with Crippen molar-refractivity contribution in [3.63, 3.8) is 0 Å². The maximum atomic E-state index is 12.6. The van der Waals surface area contributed by atoms with Crippen LogP contribution in [0.15, 0.2) is 54.6 Å². The quantitative estimate of drug-likeness (QED) is 0.620. The number of phenols is 1. The molecule has 3 rings (SSSR count). The van der Waals surface area contributed by atoms with Crippen molar-refractivity contribution in [1.82, 2.24) is 0 Å². The largest absolute Gasteiger partial charge is 0.508 e. The minimum atomic E-state index is -4.46. The van der Waals surface area contributed by atoms with E-state index in [4.69, 9.17) is 16.3 Å². The van der Waals surface area contributed by atoms with Crippen molar-refractivity contribution < 1.29 is 23.0 Å². The van der Waals surface area contributed by atoms with E-state index in [-0.39, 0.29) is 16.5 Å². The van der Waals surface area contributed by atoms with E-state index in [1.54, 1.807) is 36.4 Å². The second-order valence-electron chi connectivity index (χ2n) is 4.94. The number of benzene rings is 3. The lowest BCUT2D eigenvalue weighted by atomic mass is 10.1. The summed E-state index contributed by atoms with van der Waals surface area (Å²) in [7, 11) is 0. The van der Waals surface area contributed by atoms with Crippen molar-refractivity contribution in [2.45, 2.75) is 6.18 Å². The van der Waals surface area contributed by atoms with Gasteiger partial charge in [0.2, 0.25) is 0 Å². The normalized spacial score (nSPS) is 11.7. The molecule has 23 heavy (non-hydrogen) atoms. The standard InChI is InChI=1S/C17H10ClF3O2/c18-15-9-12(17(19,20)21)3-6-16(15)23-14-5-2-10-1-4-13(22)7-11(10)8-14/h1-9,22H. The maximum Gasteiger partial charge on any atom is 0.416 e. The van der Waals surface area contributed by atoms with Crippen molar-refractivity contribution in [2.24, 2.45) is 0 Å². The fourth-order valence-electron chi connectivity index (χ4n) is 2.16. The summed E-state index contributed by atoms with van der Waals surface area (Å²) < 4.78 is 43.4. The molecule has 1 N–H and O–H groups in total. The Morgan fingerprint density at radius 1 is 0.870 bits per heavy atom. The van der Waals surface area contributed by atoms with Crippen molar-refractivity contribution in [3.05, 3.63) is 65.2 Å². The third-order valence-electron chi connectivity index (χ3n) is 3.28. The molecule has 0 radical (unpaired) electrons. The fourth-order valence-corrected chi connectivity index (χ4v) is 2.38. The van der Waals surface area contributed by atoms with Crippen LogP contribution in [0.1, 0.15) is 5.56 Å². The summed E-state index contributed by atoms with van der Waals surface area (Å²) in [5.74, 6) is 0.645. The summed E-state index contributed by atoms with van der Waals surface area (Å²) in [4.78, 5) is 0. The second kappa shape index (κ2) is 5.66. The first kappa shape index (κ1) is 15.5. The third kappa shape index (κ3) is 3.35. The summed E-state index contributed by atoms with van der Waals surface area (Å²) in [6.07, 6.45) is -4.46. The molecule has 3 aromatic carbocycles. The van der Waals surface area contributed by atoms with Crippen molar-refractivity contribution in [1.29, 1.82) is 0 Å². The Morgan fingerprint density at radius 2 is 1.61 bits per heavy atom. The smallest absolute Gasteiger partial charge is 0.416 e. The lowest BCUT2D eigenvalue weighted by Gasteiger charge is -2.11. The minimum absolute atomic E-state index is 0.113. The zero-order valence-electron chi connectivity index (χ0n) is 11.6. The van der Waals surface area contributed by atoms with Gasteiger partial charge in [-0.05, 0) is 53.2 Å². The van der Waals surface area contributed by atoms with Gasteiger partial charge >= 0.3 is 6.18 Å². The molecule has 0 amide bonds. The molecule has 0 aliphatic carbocycles. The molecule has 118 valence electrons. The van der Waals surface area contributed by atoms with Crippen LogP contribution in [0.3, 0.4) is 0 Å². The summed E-state index contributed by atoms with van der Waals surface area (Å²) in [5, 5.41) is 11.0. The molecule has 2 nitrogen and oxygen atoms in total. The summed E-state index contributed by atoms with van der Waals surface area (Å²) in [6, 6.07) is 12.9. The van der Waals surface area contributed by atoms with Gasteiger partial charge in [0.1, 0.15) is 17.2 Å². The van der Waals surface area contributed by atoms with Crippen LogP contribution >= 0.6 is 11.6 Å². The Balaban J connectivity index is 1.92. The first-order valence-corrected chi connectivity index (χ1v) is 6.98. The zero-order valence-corrected chi connectivity index (χ0v) is 12.3. The van der Waals surface area contributed by atoms with E-state index < -0.39 is 11.7 Å². The Bertz CT molecular complexity index is 875. The van der Waals surface area contributed by atoms with E-state index in [2.05, 4.69) is 0 Å². The van der Waals surface area contributed by atoms with Crippen LogP contribution < -0.4 is 4.74 Å². The van der Waals surface area contributed by atoms with E-state index in [0.717, 1.165) is 22.9 Å². The van der Waals surface area contributed by atoms with Crippen LogP contribution in [0.2, 0.25) is 5.02 Å².